The van der Waals surface area contributed by atoms with Crippen molar-refractivity contribution in [3.05, 3.63) is 103 Å². The van der Waals surface area contributed by atoms with Crippen LogP contribution in [0.3, 0.4) is 0 Å². The minimum atomic E-state index is -0.311. The standard InChI is InChI=1S/C12H10BNO2.C12H10/c15-13-16-11-7-3-5-9-8-4-1-2-6-10(8)14-12(9)11;1-3-7-11(8-4-1)12-9-5-2-6-10-12/h1-7,13-15H;1-10H. The van der Waals surface area contributed by atoms with E-state index in [0.29, 0.717) is 5.75 Å². The third-order valence-electron chi connectivity index (χ3n) is 4.60. The van der Waals surface area contributed by atoms with Gasteiger partial charge in [-0.2, -0.15) is 0 Å². The van der Waals surface area contributed by atoms with E-state index in [1.165, 1.54) is 16.5 Å². The number of fused-ring (bicyclic) bond motifs is 3. The lowest BCUT2D eigenvalue weighted by molar-refractivity contribution is 0.456. The van der Waals surface area contributed by atoms with Gasteiger partial charge in [0.1, 0.15) is 5.75 Å². The van der Waals surface area contributed by atoms with Crippen LogP contribution in [0, 0.1) is 0 Å². The van der Waals surface area contributed by atoms with Crippen LogP contribution in [0.25, 0.3) is 32.9 Å². The van der Waals surface area contributed by atoms with Crippen molar-refractivity contribution in [1.82, 2.24) is 4.98 Å². The first kappa shape index (κ1) is 17.9. The molecule has 0 aliphatic carbocycles. The molecule has 0 saturated carbocycles. The highest BCUT2D eigenvalue weighted by Gasteiger charge is 2.07. The van der Waals surface area contributed by atoms with Crippen molar-refractivity contribution in [2.24, 2.45) is 0 Å². The van der Waals surface area contributed by atoms with Gasteiger partial charge in [0.15, 0.2) is 0 Å². The summed E-state index contributed by atoms with van der Waals surface area (Å²) in [4.78, 5) is 3.30. The summed E-state index contributed by atoms with van der Waals surface area (Å²) in [6.45, 7) is 0. The first-order valence-electron chi connectivity index (χ1n) is 9.20. The maximum Gasteiger partial charge on any atom is 0.504 e. The Morgan fingerprint density at radius 3 is 1.82 bits per heavy atom. The Kier molecular flexibility index (Phi) is 5.41. The highest BCUT2D eigenvalue weighted by atomic mass is 16.5. The topological polar surface area (TPSA) is 45.2 Å². The summed E-state index contributed by atoms with van der Waals surface area (Å²) in [5, 5.41) is 11.1. The Morgan fingerprint density at radius 2 is 1.18 bits per heavy atom. The molecular weight excluding hydrogens is 345 g/mol. The second-order valence-corrected chi connectivity index (χ2v) is 6.35. The molecule has 0 atom stereocenters. The van der Waals surface area contributed by atoms with E-state index in [2.05, 4.69) is 59.6 Å². The van der Waals surface area contributed by atoms with Gasteiger partial charge in [-0.15, -0.1) is 0 Å². The van der Waals surface area contributed by atoms with Crippen molar-refractivity contribution in [3.8, 4) is 16.9 Å². The Bertz CT molecular complexity index is 1130. The fourth-order valence-corrected chi connectivity index (χ4v) is 3.30. The van der Waals surface area contributed by atoms with Crippen molar-refractivity contribution >= 4 is 29.5 Å². The van der Waals surface area contributed by atoms with E-state index in [0.717, 1.165) is 16.4 Å². The molecule has 28 heavy (non-hydrogen) atoms. The number of hydrogen-bond acceptors (Lipinski definition) is 2. The van der Waals surface area contributed by atoms with E-state index >= 15 is 0 Å². The fourth-order valence-electron chi connectivity index (χ4n) is 3.30. The molecule has 136 valence electrons. The van der Waals surface area contributed by atoms with Crippen molar-refractivity contribution in [1.29, 1.82) is 0 Å². The largest absolute Gasteiger partial charge is 0.537 e. The summed E-state index contributed by atoms with van der Waals surface area (Å²) in [7, 11) is -0.311. The molecule has 3 nitrogen and oxygen atoms in total. The second kappa shape index (κ2) is 8.46. The van der Waals surface area contributed by atoms with Crippen molar-refractivity contribution < 1.29 is 9.68 Å². The van der Waals surface area contributed by atoms with Gasteiger partial charge in [-0.05, 0) is 23.3 Å². The fraction of sp³-hybridized carbons (Fsp3) is 0. The molecule has 0 radical (unpaired) electrons. The van der Waals surface area contributed by atoms with Gasteiger partial charge in [0.25, 0.3) is 0 Å². The van der Waals surface area contributed by atoms with Crippen LogP contribution in [0.2, 0.25) is 0 Å². The molecule has 5 aromatic rings. The molecular formula is C24H20BNO2. The van der Waals surface area contributed by atoms with E-state index in [1.807, 2.05) is 48.5 Å². The van der Waals surface area contributed by atoms with Gasteiger partial charge < -0.3 is 14.7 Å². The molecule has 0 spiro atoms. The molecule has 5 rings (SSSR count). The summed E-state index contributed by atoms with van der Waals surface area (Å²) in [6, 6.07) is 34.7. The van der Waals surface area contributed by atoms with Crippen molar-refractivity contribution in [2.45, 2.75) is 0 Å². The average Bonchev–Trinajstić information content (AvgIpc) is 3.16. The van der Waals surface area contributed by atoms with Crippen LogP contribution < -0.4 is 4.65 Å². The normalized spacial score (nSPS) is 10.3. The molecule has 0 saturated heterocycles. The highest BCUT2D eigenvalue weighted by molar-refractivity contribution is 6.18. The molecule has 0 fully saturated rings. The van der Waals surface area contributed by atoms with E-state index in [1.54, 1.807) is 0 Å². The first-order valence-corrected chi connectivity index (χ1v) is 9.20. The maximum atomic E-state index is 8.82. The van der Waals surface area contributed by atoms with Gasteiger partial charge in [0.2, 0.25) is 0 Å². The van der Waals surface area contributed by atoms with Gasteiger partial charge in [-0.25, -0.2) is 0 Å². The van der Waals surface area contributed by atoms with Crippen molar-refractivity contribution in [3.63, 3.8) is 0 Å². The number of aromatic amines is 1. The molecule has 1 aromatic heterocycles. The maximum absolute atomic E-state index is 8.82. The third-order valence-corrected chi connectivity index (χ3v) is 4.60. The molecule has 4 heteroatoms. The molecule has 0 aliphatic rings. The van der Waals surface area contributed by atoms with Gasteiger partial charge in [-0.1, -0.05) is 91.0 Å². The van der Waals surface area contributed by atoms with Gasteiger partial charge in [0, 0.05) is 16.3 Å². The number of benzene rings is 4. The molecule has 0 bridgehead atoms. The number of hydrogen-bond donors (Lipinski definition) is 2. The summed E-state index contributed by atoms with van der Waals surface area (Å²) in [5.74, 6) is 0.677. The van der Waals surface area contributed by atoms with E-state index < -0.39 is 0 Å². The molecule has 1 heterocycles. The molecule has 4 aromatic carbocycles. The van der Waals surface area contributed by atoms with Crippen molar-refractivity contribution in [2.75, 3.05) is 0 Å². The predicted octanol–water partition coefficient (Wildman–Crippen LogP) is 5.31. The summed E-state index contributed by atoms with van der Waals surface area (Å²) in [6.07, 6.45) is 0. The molecule has 0 aliphatic heterocycles. The first-order chi connectivity index (χ1) is 13.9. The zero-order chi connectivity index (χ0) is 19.2. The smallest absolute Gasteiger partial charge is 0.504 e. The van der Waals surface area contributed by atoms with Crippen LogP contribution in [0.5, 0.6) is 5.75 Å². The van der Waals surface area contributed by atoms with Crippen LogP contribution in [0.4, 0.5) is 0 Å². The van der Waals surface area contributed by atoms with Crippen LogP contribution >= 0.6 is 0 Å². The lowest BCUT2D eigenvalue weighted by Crippen LogP contribution is -1.99. The number of nitrogens with one attached hydrogen (secondary N) is 1. The Hall–Kier alpha value is -3.50. The van der Waals surface area contributed by atoms with E-state index in [4.69, 9.17) is 9.68 Å². The average molecular weight is 365 g/mol. The van der Waals surface area contributed by atoms with Crippen LogP contribution in [0.1, 0.15) is 0 Å². The van der Waals surface area contributed by atoms with Gasteiger partial charge in [-0.3, -0.25) is 0 Å². The van der Waals surface area contributed by atoms with Gasteiger partial charge >= 0.3 is 7.69 Å². The van der Waals surface area contributed by atoms with Crippen LogP contribution in [-0.2, 0) is 0 Å². The van der Waals surface area contributed by atoms with Crippen LogP contribution in [0.15, 0.2) is 103 Å². The SMILES string of the molecule is OBOc1cccc2c1[nH]c1ccccc12.c1ccc(-c2ccccc2)cc1. The Labute approximate surface area is 164 Å². The minimum Gasteiger partial charge on any atom is -0.537 e. The zero-order valence-corrected chi connectivity index (χ0v) is 15.4. The summed E-state index contributed by atoms with van der Waals surface area (Å²) >= 11 is 0. The highest BCUT2D eigenvalue weighted by Crippen LogP contribution is 2.31. The third kappa shape index (κ3) is 3.78. The number of rotatable bonds is 3. The second-order valence-electron chi connectivity index (χ2n) is 6.35. The van der Waals surface area contributed by atoms with E-state index in [-0.39, 0.29) is 7.69 Å². The quantitative estimate of drug-likeness (QED) is 0.426. The lowest BCUT2D eigenvalue weighted by Gasteiger charge is -2.02. The monoisotopic (exact) mass is 365 g/mol. The number of H-pyrrole nitrogens is 1. The summed E-state index contributed by atoms with van der Waals surface area (Å²) in [5.41, 5.74) is 4.56. The zero-order valence-electron chi connectivity index (χ0n) is 15.4. The number of para-hydroxylation sites is 2. The predicted molar refractivity (Wildman–Crippen MR) is 118 cm³/mol. The summed E-state index contributed by atoms with van der Waals surface area (Å²) < 4.78 is 5.17. The molecule has 0 amide bonds. The van der Waals surface area contributed by atoms with Gasteiger partial charge in [0.05, 0.1) is 5.52 Å². The number of aromatic nitrogens is 1. The molecule has 2 N–H and O–H groups in total. The minimum absolute atomic E-state index is 0.311. The van der Waals surface area contributed by atoms with Crippen LogP contribution in [-0.4, -0.2) is 17.7 Å². The molecule has 0 unspecified atom stereocenters. The van der Waals surface area contributed by atoms with E-state index in [9.17, 15) is 0 Å². The Morgan fingerprint density at radius 1 is 0.607 bits per heavy atom. The lowest BCUT2D eigenvalue weighted by atomic mass is 10.1. The Balaban J connectivity index is 0.000000143.